The SMILES string of the molecule is CCC1CCC(C)N1CCC1CCCC1NC. The van der Waals surface area contributed by atoms with Crippen molar-refractivity contribution >= 4 is 0 Å². The fourth-order valence-corrected chi connectivity index (χ4v) is 4.04. The molecule has 2 nitrogen and oxygen atoms in total. The topological polar surface area (TPSA) is 15.3 Å². The van der Waals surface area contributed by atoms with Crippen molar-refractivity contribution in [1.82, 2.24) is 10.2 Å². The first-order valence-corrected chi connectivity index (χ1v) is 7.69. The van der Waals surface area contributed by atoms with Gasteiger partial charge in [-0.15, -0.1) is 0 Å². The number of hydrogen-bond donors (Lipinski definition) is 1. The van der Waals surface area contributed by atoms with Crippen LogP contribution >= 0.6 is 0 Å². The second kappa shape index (κ2) is 6.19. The standard InChI is InChI=1S/C15H30N2/c1-4-14-9-8-12(2)17(14)11-10-13-6-5-7-15(13)16-3/h12-16H,4-11H2,1-3H3. The van der Waals surface area contributed by atoms with Crippen LogP contribution in [0.15, 0.2) is 0 Å². The highest BCUT2D eigenvalue weighted by molar-refractivity contribution is 4.87. The van der Waals surface area contributed by atoms with Crippen LogP contribution in [0, 0.1) is 5.92 Å². The third-order valence-corrected chi connectivity index (χ3v) is 5.21. The maximum absolute atomic E-state index is 3.51. The van der Waals surface area contributed by atoms with E-state index in [2.05, 4.69) is 31.1 Å². The highest BCUT2D eigenvalue weighted by Gasteiger charge is 2.31. The van der Waals surface area contributed by atoms with E-state index in [9.17, 15) is 0 Å². The van der Waals surface area contributed by atoms with Crippen LogP contribution in [0.2, 0.25) is 0 Å². The van der Waals surface area contributed by atoms with Crippen molar-refractivity contribution in [2.75, 3.05) is 13.6 Å². The van der Waals surface area contributed by atoms with Gasteiger partial charge in [0.25, 0.3) is 0 Å². The monoisotopic (exact) mass is 238 g/mol. The van der Waals surface area contributed by atoms with E-state index < -0.39 is 0 Å². The summed E-state index contributed by atoms with van der Waals surface area (Å²) in [5.74, 6) is 0.935. The maximum atomic E-state index is 3.51. The Morgan fingerprint density at radius 1 is 1.18 bits per heavy atom. The van der Waals surface area contributed by atoms with Gasteiger partial charge >= 0.3 is 0 Å². The molecule has 2 heteroatoms. The molecule has 0 bridgehead atoms. The van der Waals surface area contributed by atoms with Crippen molar-refractivity contribution in [1.29, 1.82) is 0 Å². The molecule has 1 aliphatic carbocycles. The zero-order valence-electron chi connectivity index (χ0n) is 11.9. The minimum absolute atomic E-state index is 0.799. The molecule has 1 saturated carbocycles. The van der Waals surface area contributed by atoms with Crippen LogP contribution in [0.1, 0.15) is 58.8 Å². The van der Waals surface area contributed by atoms with Crippen LogP contribution < -0.4 is 5.32 Å². The van der Waals surface area contributed by atoms with E-state index in [0.29, 0.717) is 0 Å². The first kappa shape index (κ1) is 13.4. The first-order chi connectivity index (χ1) is 8.26. The number of rotatable bonds is 5. The van der Waals surface area contributed by atoms with Gasteiger partial charge in [0.15, 0.2) is 0 Å². The molecule has 0 spiro atoms. The molecular weight excluding hydrogens is 208 g/mol. The normalized spacial score (nSPS) is 39.0. The Labute approximate surface area is 107 Å². The van der Waals surface area contributed by atoms with E-state index in [1.165, 1.54) is 51.5 Å². The van der Waals surface area contributed by atoms with Crippen LogP contribution in [0.4, 0.5) is 0 Å². The van der Waals surface area contributed by atoms with Gasteiger partial charge in [0, 0.05) is 18.1 Å². The van der Waals surface area contributed by atoms with Gasteiger partial charge in [0.2, 0.25) is 0 Å². The number of likely N-dealkylation sites (tertiary alicyclic amines) is 1. The molecule has 1 aliphatic heterocycles. The molecule has 17 heavy (non-hydrogen) atoms. The Balaban J connectivity index is 1.80. The molecule has 2 rings (SSSR count). The second-order valence-electron chi connectivity index (χ2n) is 6.10. The largest absolute Gasteiger partial charge is 0.317 e. The first-order valence-electron chi connectivity index (χ1n) is 7.69. The quantitative estimate of drug-likeness (QED) is 0.792. The van der Waals surface area contributed by atoms with Gasteiger partial charge in [0.1, 0.15) is 0 Å². The van der Waals surface area contributed by atoms with Gasteiger partial charge < -0.3 is 5.32 Å². The van der Waals surface area contributed by atoms with Crippen LogP contribution in [0.3, 0.4) is 0 Å². The summed E-state index contributed by atoms with van der Waals surface area (Å²) >= 11 is 0. The van der Waals surface area contributed by atoms with E-state index in [0.717, 1.165) is 24.0 Å². The van der Waals surface area contributed by atoms with Crippen LogP contribution in [0.25, 0.3) is 0 Å². The van der Waals surface area contributed by atoms with Crippen LogP contribution in [-0.4, -0.2) is 36.6 Å². The average Bonchev–Trinajstić information content (AvgIpc) is 2.92. The molecule has 1 heterocycles. The van der Waals surface area contributed by atoms with Crippen LogP contribution in [-0.2, 0) is 0 Å². The summed E-state index contributed by atoms with van der Waals surface area (Å²) < 4.78 is 0. The van der Waals surface area contributed by atoms with Crippen molar-refractivity contribution in [3.05, 3.63) is 0 Å². The maximum Gasteiger partial charge on any atom is 0.00960 e. The Morgan fingerprint density at radius 2 is 2.00 bits per heavy atom. The summed E-state index contributed by atoms with van der Waals surface area (Å²) in [4.78, 5) is 2.78. The molecule has 0 aromatic heterocycles. The molecule has 4 atom stereocenters. The third-order valence-electron chi connectivity index (χ3n) is 5.21. The van der Waals surface area contributed by atoms with E-state index in [1.54, 1.807) is 0 Å². The van der Waals surface area contributed by atoms with E-state index in [4.69, 9.17) is 0 Å². The molecule has 2 fully saturated rings. The zero-order chi connectivity index (χ0) is 12.3. The Bertz CT molecular complexity index is 229. The smallest absolute Gasteiger partial charge is 0.00960 e. The lowest BCUT2D eigenvalue weighted by Gasteiger charge is -2.30. The lowest BCUT2D eigenvalue weighted by atomic mass is 9.99. The number of nitrogens with one attached hydrogen (secondary N) is 1. The molecule has 0 aromatic carbocycles. The number of nitrogens with zero attached hydrogens (tertiary/aromatic N) is 1. The van der Waals surface area contributed by atoms with Gasteiger partial charge in [-0.3, -0.25) is 4.90 Å². The summed E-state index contributed by atoms with van der Waals surface area (Å²) in [6.45, 7) is 6.10. The van der Waals surface area contributed by atoms with Crippen molar-refractivity contribution in [2.45, 2.75) is 76.9 Å². The predicted octanol–water partition coefficient (Wildman–Crippen LogP) is 3.03. The van der Waals surface area contributed by atoms with Gasteiger partial charge in [-0.05, 0) is 65.0 Å². The third kappa shape index (κ3) is 3.03. The lowest BCUT2D eigenvalue weighted by Crippen LogP contribution is -2.37. The van der Waals surface area contributed by atoms with E-state index in [1.807, 2.05) is 0 Å². The average molecular weight is 238 g/mol. The summed E-state index contributed by atoms with van der Waals surface area (Å²) in [7, 11) is 2.14. The molecule has 2 aliphatic rings. The Kier molecular flexibility index (Phi) is 4.87. The van der Waals surface area contributed by atoms with Gasteiger partial charge in [-0.1, -0.05) is 13.3 Å². The minimum Gasteiger partial charge on any atom is -0.317 e. The van der Waals surface area contributed by atoms with Crippen molar-refractivity contribution < 1.29 is 0 Å². The summed E-state index contributed by atoms with van der Waals surface area (Å²) in [6, 6.07) is 2.50. The molecular formula is C15H30N2. The Morgan fingerprint density at radius 3 is 2.71 bits per heavy atom. The second-order valence-corrected chi connectivity index (χ2v) is 6.10. The molecule has 1 saturated heterocycles. The van der Waals surface area contributed by atoms with Crippen molar-refractivity contribution in [2.24, 2.45) is 5.92 Å². The van der Waals surface area contributed by atoms with Gasteiger partial charge in [-0.2, -0.15) is 0 Å². The van der Waals surface area contributed by atoms with Crippen molar-refractivity contribution in [3.8, 4) is 0 Å². The van der Waals surface area contributed by atoms with Crippen molar-refractivity contribution in [3.63, 3.8) is 0 Å². The molecule has 0 radical (unpaired) electrons. The highest BCUT2D eigenvalue weighted by atomic mass is 15.2. The summed E-state index contributed by atoms with van der Waals surface area (Å²) in [5.41, 5.74) is 0. The predicted molar refractivity (Wildman–Crippen MR) is 74.3 cm³/mol. The molecule has 0 aromatic rings. The molecule has 100 valence electrons. The van der Waals surface area contributed by atoms with Gasteiger partial charge in [-0.25, -0.2) is 0 Å². The minimum atomic E-state index is 0.799. The summed E-state index contributed by atoms with van der Waals surface area (Å²) in [6.07, 6.45) is 9.87. The zero-order valence-corrected chi connectivity index (χ0v) is 11.9. The lowest BCUT2D eigenvalue weighted by molar-refractivity contribution is 0.180. The van der Waals surface area contributed by atoms with E-state index >= 15 is 0 Å². The van der Waals surface area contributed by atoms with Crippen LogP contribution in [0.5, 0.6) is 0 Å². The highest BCUT2D eigenvalue weighted by Crippen LogP contribution is 2.31. The Hall–Kier alpha value is -0.0800. The molecule has 0 amide bonds. The fourth-order valence-electron chi connectivity index (χ4n) is 4.04. The molecule has 4 unspecified atom stereocenters. The number of hydrogen-bond acceptors (Lipinski definition) is 2. The van der Waals surface area contributed by atoms with Gasteiger partial charge in [0.05, 0.1) is 0 Å². The molecule has 1 N–H and O–H groups in total. The summed E-state index contributed by atoms with van der Waals surface area (Å²) in [5, 5.41) is 3.51. The van der Waals surface area contributed by atoms with E-state index in [-0.39, 0.29) is 0 Å². The fraction of sp³-hybridized carbons (Fsp3) is 1.00.